The highest BCUT2D eigenvalue weighted by Crippen LogP contribution is 2.39. The fourth-order valence-electron chi connectivity index (χ4n) is 5.61. The van der Waals surface area contributed by atoms with Gasteiger partial charge in [0, 0.05) is 37.7 Å². The lowest BCUT2D eigenvalue weighted by Crippen LogP contribution is -2.55. The fourth-order valence-corrected chi connectivity index (χ4v) is 5.61. The van der Waals surface area contributed by atoms with Gasteiger partial charge in [-0.2, -0.15) is 0 Å². The van der Waals surface area contributed by atoms with Crippen molar-refractivity contribution in [1.29, 1.82) is 0 Å². The maximum atomic E-state index is 13.3. The zero-order valence-electron chi connectivity index (χ0n) is 17.6. The maximum Gasteiger partial charge on any atom is 0.246 e. The van der Waals surface area contributed by atoms with E-state index >= 15 is 0 Å². The molecule has 3 atom stereocenters. The number of likely N-dealkylation sites (tertiary alicyclic amines) is 2. The second kappa shape index (κ2) is 9.15. The van der Waals surface area contributed by atoms with Crippen molar-refractivity contribution >= 4 is 17.9 Å². The summed E-state index contributed by atoms with van der Waals surface area (Å²) >= 11 is 0. The van der Waals surface area contributed by atoms with E-state index in [9.17, 15) is 9.59 Å². The molecule has 156 valence electrons. The number of carbonyl (C=O) groups excluding carboxylic acids is 2. The summed E-state index contributed by atoms with van der Waals surface area (Å²) in [6.07, 6.45) is 11.3. The van der Waals surface area contributed by atoms with Crippen LogP contribution in [0.2, 0.25) is 0 Å². The Morgan fingerprint density at radius 3 is 2.41 bits per heavy atom. The summed E-state index contributed by atoms with van der Waals surface area (Å²) in [6, 6.07) is 10.4. The van der Waals surface area contributed by atoms with Gasteiger partial charge in [-0.1, -0.05) is 50.1 Å². The summed E-state index contributed by atoms with van der Waals surface area (Å²) in [5, 5.41) is 0. The lowest BCUT2D eigenvalue weighted by molar-refractivity contribution is -0.146. The van der Waals surface area contributed by atoms with Crippen molar-refractivity contribution in [3.8, 4) is 0 Å². The minimum atomic E-state index is 0.0545. The average Bonchev–Trinajstić information content (AvgIpc) is 2.78. The Hall–Kier alpha value is -2.10. The molecule has 1 aromatic rings. The molecule has 0 radical (unpaired) electrons. The van der Waals surface area contributed by atoms with Gasteiger partial charge in [-0.3, -0.25) is 9.59 Å². The normalized spacial score (nSPS) is 28.4. The molecule has 3 unspecified atom stereocenters. The van der Waals surface area contributed by atoms with Gasteiger partial charge in [0.25, 0.3) is 0 Å². The van der Waals surface area contributed by atoms with E-state index in [1.165, 1.54) is 25.7 Å². The second-order valence-electron chi connectivity index (χ2n) is 9.16. The molecule has 29 heavy (non-hydrogen) atoms. The number of hydrogen-bond donors (Lipinski definition) is 0. The van der Waals surface area contributed by atoms with Gasteiger partial charge in [0.15, 0.2) is 0 Å². The van der Waals surface area contributed by atoms with Crippen LogP contribution >= 0.6 is 0 Å². The first-order valence-electron chi connectivity index (χ1n) is 11.5. The minimum Gasteiger partial charge on any atom is -0.339 e. The van der Waals surface area contributed by atoms with Gasteiger partial charge in [-0.25, -0.2) is 0 Å². The van der Waals surface area contributed by atoms with E-state index in [2.05, 4.69) is 11.8 Å². The quantitative estimate of drug-likeness (QED) is 0.715. The number of hydrogen-bond acceptors (Lipinski definition) is 2. The van der Waals surface area contributed by atoms with Crippen LogP contribution in [0.25, 0.3) is 6.08 Å². The summed E-state index contributed by atoms with van der Waals surface area (Å²) in [4.78, 5) is 30.0. The molecule has 2 saturated heterocycles. The van der Waals surface area contributed by atoms with E-state index in [0.29, 0.717) is 31.0 Å². The van der Waals surface area contributed by atoms with Crippen LogP contribution in [0.1, 0.15) is 57.4 Å². The third-order valence-electron chi connectivity index (χ3n) is 7.40. The van der Waals surface area contributed by atoms with E-state index in [1.54, 1.807) is 6.08 Å². The topological polar surface area (TPSA) is 40.6 Å². The van der Waals surface area contributed by atoms with Crippen LogP contribution < -0.4 is 0 Å². The average molecular weight is 395 g/mol. The summed E-state index contributed by atoms with van der Waals surface area (Å²) in [6.45, 7) is 4.68. The number of rotatable bonds is 3. The highest BCUT2D eigenvalue weighted by Gasteiger charge is 2.41. The van der Waals surface area contributed by atoms with Crippen molar-refractivity contribution in [2.24, 2.45) is 17.8 Å². The summed E-state index contributed by atoms with van der Waals surface area (Å²) in [5.74, 6) is 1.96. The van der Waals surface area contributed by atoms with Crippen molar-refractivity contribution in [1.82, 2.24) is 9.80 Å². The smallest absolute Gasteiger partial charge is 0.246 e. The molecule has 0 aromatic heterocycles. The first-order valence-corrected chi connectivity index (χ1v) is 11.5. The molecule has 0 N–H and O–H groups in total. The van der Waals surface area contributed by atoms with Gasteiger partial charge < -0.3 is 9.80 Å². The molecule has 1 aromatic carbocycles. The molecule has 1 saturated carbocycles. The summed E-state index contributed by atoms with van der Waals surface area (Å²) in [5.41, 5.74) is 1.03. The van der Waals surface area contributed by atoms with E-state index in [1.807, 2.05) is 41.3 Å². The number of amides is 2. The number of piperidine rings is 2. The highest BCUT2D eigenvalue weighted by molar-refractivity contribution is 5.92. The van der Waals surface area contributed by atoms with Gasteiger partial charge >= 0.3 is 0 Å². The zero-order chi connectivity index (χ0) is 20.2. The van der Waals surface area contributed by atoms with Crippen LogP contribution in [-0.4, -0.2) is 47.3 Å². The number of fused-ring (bicyclic) bond motifs is 1. The van der Waals surface area contributed by atoms with Crippen LogP contribution in [-0.2, 0) is 9.59 Å². The van der Waals surface area contributed by atoms with Crippen molar-refractivity contribution in [2.45, 2.75) is 57.9 Å². The molecule has 0 bridgehead atoms. The summed E-state index contributed by atoms with van der Waals surface area (Å²) in [7, 11) is 0. The molecular formula is C25H34N2O2. The standard InChI is InChI=1S/C25H34N2O2/c1-19-13-18-27(23-10-6-5-9-22(19)23)25(29)21-14-16-26(17-15-21)24(28)12-11-20-7-3-2-4-8-20/h2-4,7-8,11-12,19,21-23H,5-6,9-10,13-18H2,1H3. The first kappa shape index (κ1) is 20.2. The van der Waals surface area contributed by atoms with Crippen LogP contribution in [0.4, 0.5) is 0 Å². The summed E-state index contributed by atoms with van der Waals surface area (Å²) < 4.78 is 0. The van der Waals surface area contributed by atoms with Crippen LogP contribution in [0.5, 0.6) is 0 Å². The molecule has 2 amide bonds. The molecule has 2 heterocycles. The molecule has 4 rings (SSSR count). The largest absolute Gasteiger partial charge is 0.339 e. The Morgan fingerprint density at radius 1 is 0.931 bits per heavy atom. The second-order valence-corrected chi connectivity index (χ2v) is 9.16. The molecule has 3 fully saturated rings. The number of carbonyl (C=O) groups is 2. The SMILES string of the molecule is CC1CCN(C(=O)C2CCN(C(=O)C=Cc3ccccc3)CC2)C2CCCCC12. The highest BCUT2D eigenvalue weighted by atomic mass is 16.2. The van der Waals surface area contributed by atoms with Gasteiger partial charge in [-0.15, -0.1) is 0 Å². The van der Waals surface area contributed by atoms with E-state index in [-0.39, 0.29) is 11.8 Å². The van der Waals surface area contributed by atoms with Gasteiger partial charge in [0.05, 0.1) is 0 Å². The predicted octanol–water partition coefficient (Wildman–Crippen LogP) is 4.37. The van der Waals surface area contributed by atoms with Crippen molar-refractivity contribution < 1.29 is 9.59 Å². The van der Waals surface area contributed by atoms with Gasteiger partial charge in [-0.05, 0) is 55.6 Å². The Morgan fingerprint density at radius 2 is 1.66 bits per heavy atom. The van der Waals surface area contributed by atoms with Crippen LogP contribution in [0.15, 0.2) is 36.4 Å². The van der Waals surface area contributed by atoms with Crippen molar-refractivity contribution in [2.75, 3.05) is 19.6 Å². The lowest BCUT2D eigenvalue weighted by atomic mass is 9.72. The predicted molar refractivity (Wildman–Crippen MR) is 116 cm³/mol. The third-order valence-corrected chi connectivity index (χ3v) is 7.40. The molecular weight excluding hydrogens is 360 g/mol. The van der Waals surface area contributed by atoms with E-state index < -0.39 is 0 Å². The molecule has 1 aliphatic carbocycles. The van der Waals surface area contributed by atoms with E-state index in [4.69, 9.17) is 0 Å². The van der Waals surface area contributed by atoms with Crippen molar-refractivity contribution in [3.05, 3.63) is 42.0 Å². The van der Waals surface area contributed by atoms with Gasteiger partial charge in [0.1, 0.15) is 0 Å². The lowest BCUT2D eigenvalue weighted by Gasteiger charge is -2.48. The third kappa shape index (κ3) is 4.57. The molecule has 2 aliphatic heterocycles. The van der Waals surface area contributed by atoms with Crippen LogP contribution in [0.3, 0.4) is 0 Å². The Balaban J connectivity index is 1.31. The van der Waals surface area contributed by atoms with Gasteiger partial charge in [0.2, 0.25) is 11.8 Å². The van der Waals surface area contributed by atoms with Crippen molar-refractivity contribution in [3.63, 3.8) is 0 Å². The monoisotopic (exact) mass is 394 g/mol. The number of benzene rings is 1. The molecule has 0 spiro atoms. The Labute approximate surface area is 175 Å². The van der Waals surface area contributed by atoms with E-state index in [0.717, 1.165) is 37.3 Å². The maximum absolute atomic E-state index is 13.3. The Kier molecular flexibility index (Phi) is 6.37. The molecule has 4 nitrogen and oxygen atoms in total. The minimum absolute atomic E-state index is 0.0545. The van der Waals surface area contributed by atoms with Crippen LogP contribution in [0, 0.1) is 17.8 Å². The first-order chi connectivity index (χ1) is 14.1. The molecule has 4 heteroatoms. The Bertz CT molecular complexity index is 736. The number of nitrogens with zero attached hydrogens (tertiary/aromatic N) is 2. The molecule has 3 aliphatic rings. The zero-order valence-corrected chi connectivity index (χ0v) is 17.6. The fraction of sp³-hybridized carbons (Fsp3) is 0.600.